The van der Waals surface area contributed by atoms with Crippen LogP contribution < -0.4 is 5.32 Å². The van der Waals surface area contributed by atoms with Crippen molar-refractivity contribution in [3.63, 3.8) is 0 Å². The van der Waals surface area contributed by atoms with Crippen LogP contribution in [0.1, 0.15) is 40.7 Å². The summed E-state index contributed by atoms with van der Waals surface area (Å²) in [6, 6.07) is 12.8. The molecule has 0 aliphatic rings. The summed E-state index contributed by atoms with van der Waals surface area (Å²) in [5.41, 5.74) is 7.21. The highest BCUT2D eigenvalue weighted by Gasteiger charge is 2.07. The second-order valence-electron chi connectivity index (χ2n) is 6.47. The molecule has 0 saturated carbocycles. The normalized spacial score (nSPS) is 10.7. The van der Waals surface area contributed by atoms with E-state index in [4.69, 9.17) is 0 Å². The summed E-state index contributed by atoms with van der Waals surface area (Å²) in [5.74, 6) is 2.13. The van der Waals surface area contributed by atoms with E-state index >= 15 is 0 Å². The van der Waals surface area contributed by atoms with Crippen LogP contribution in [0.3, 0.4) is 0 Å². The first-order valence-corrected chi connectivity index (χ1v) is 9.62. The second kappa shape index (κ2) is 8.93. The number of hydrogen-bond donors (Lipinski definition) is 1. The van der Waals surface area contributed by atoms with Gasteiger partial charge in [0, 0.05) is 17.9 Å². The minimum atomic E-state index is 0.111. The molecule has 0 fully saturated rings. The van der Waals surface area contributed by atoms with Crippen LogP contribution in [0.25, 0.3) is 0 Å². The zero-order valence-corrected chi connectivity index (χ0v) is 15.9. The first kappa shape index (κ1) is 18.6. The van der Waals surface area contributed by atoms with Crippen LogP contribution in [0, 0.1) is 27.7 Å². The van der Waals surface area contributed by atoms with Crippen molar-refractivity contribution in [3.8, 4) is 0 Å². The van der Waals surface area contributed by atoms with Crippen molar-refractivity contribution in [3.05, 3.63) is 64.2 Å². The number of amides is 1. The molecule has 3 heteroatoms. The third kappa shape index (κ3) is 5.72. The SMILES string of the molecule is Cc1cc(C)cc(CSCCCC(=O)Nc2c(C)cccc2C)c1. The lowest BCUT2D eigenvalue weighted by atomic mass is 10.1. The molecule has 2 aromatic carbocycles. The number of anilines is 1. The Balaban J connectivity index is 1.71. The first-order chi connectivity index (χ1) is 11.5. The summed E-state index contributed by atoms with van der Waals surface area (Å²) < 4.78 is 0. The topological polar surface area (TPSA) is 29.1 Å². The van der Waals surface area contributed by atoms with Gasteiger partial charge in [0.15, 0.2) is 0 Å². The number of aryl methyl sites for hydroxylation is 4. The van der Waals surface area contributed by atoms with E-state index in [0.29, 0.717) is 6.42 Å². The molecule has 0 radical (unpaired) electrons. The van der Waals surface area contributed by atoms with Crippen molar-refractivity contribution in [1.29, 1.82) is 0 Å². The number of para-hydroxylation sites is 1. The van der Waals surface area contributed by atoms with Gasteiger partial charge in [-0.3, -0.25) is 4.79 Å². The summed E-state index contributed by atoms with van der Waals surface area (Å²) in [6.45, 7) is 8.34. The van der Waals surface area contributed by atoms with Crippen molar-refractivity contribution in [2.45, 2.75) is 46.3 Å². The highest BCUT2D eigenvalue weighted by molar-refractivity contribution is 7.98. The predicted octanol–water partition coefficient (Wildman–Crippen LogP) is 5.57. The second-order valence-corrected chi connectivity index (χ2v) is 7.57. The molecule has 1 N–H and O–H groups in total. The van der Waals surface area contributed by atoms with Gasteiger partial charge in [-0.1, -0.05) is 47.5 Å². The van der Waals surface area contributed by atoms with Gasteiger partial charge in [-0.2, -0.15) is 11.8 Å². The molecule has 0 saturated heterocycles. The van der Waals surface area contributed by atoms with Gasteiger partial charge in [-0.05, 0) is 56.6 Å². The standard InChI is InChI=1S/C21H27NOS/c1-15-11-16(2)13-19(12-15)14-24-10-6-9-20(23)22-21-17(3)7-5-8-18(21)4/h5,7-8,11-13H,6,9-10,14H2,1-4H3,(H,22,23). The van der Waals surface area contributed by atoms with Crippen molar-refractivity contribution >= 4 is 23.4 Å². The monoisotopic (exact) mass is 341 g/mol. The van der Waals surface area contributed by atoms with Crippen LogP contribution in [0.15, 0.2) is 36.4 Å². The van der Waals surface area contributed by atoms with Crippen LogP contribution >= 0.6 is 11.8 Å². The lowest BCUT2D eigenvalue weighted by Gasteiger charge is -2.11. The van der Waals surface area contributed by atoms with Gasteiger partial charge < -0.3 is 5.32 Å². The molecule has 0 heterocycles. The molecule has 0 aliphatic heterocycles. The molecule has 128 valence electrons. The predicted molar refractivity (Wildman–Crippen MR) is 106 cm³/mol. The van der Waals surface area contributed by atoms with Gasteiger partial charge in [0.05, 0.1) is 0 Å². The van der Waals surface area contributed by atoms with Gasteiger partial charge in [0.25, 0.3) is 0 Å². The van der Waals surface area contributed by atoms with E-state index < -0.39 is 0 Å². The number of carbonyl (C=O) groups is 1. The Morgan fingerprint density at radius 3 is 2.25 bits per heavy atom. The van der Waals surface area contributed by atoms with Crippen LogP contribution in [0.2, 0.25) is 0 Å². The molecule has 24 heavy (non-hydrogen) atoms. The third-order valence-corrected chi connectivity index (χ3v) is 5.10. The van der Waals surface area contributed by atoms with Crippen molar-refractivity contribution in [2.24, 2.45) is 0 Å². The van der Waals surface area contributed by atoms with Gasteiger partial charge in [0.1, 0.15) is 0 Å². The van der Waals surface area contributed by atoms with Crippen LogP contribution in [0.4, 0.5) is 5.69 Å². The molecule has 2 rings (SSSR count). The summed E-state index contributed by atoms with van der Waals surface area (Å²) in [5, 5.41) is 3.05. The Morgan fingerprint density at radius 2 is 1.62 bits per heavy atom. The van der Waals surface area contributed by atoms with Crippen LogP contribution in [0.5, 0.6) is 0 Å². The zero-order chi connectivity index (χ0) is 17.5. The number of thioether (sulfide) groups is 1. The Morgan fingerprint density at radius 1 is 1.00 bits per heavy atom. The molecule has 2 nitrogen and oxygen atoms in total. The fourth-order valence-corrected chi connectivity index (χ4v) is 3.79. The van der Waals surface area contributed by atoms with Crippen LogP contribution in [-0.4, -0.2) is 11.7 Å². The maximum absolute atomic E-state index is 12.1. The van der Waals surface area contributed by atoms with E-state index in [-0.39, 0.29) is 5.91 Å². The fourth-order valence-electron chi connectivity index (χ4n) is 2.89. The third-order valence-electron chi connectivity index (χ3n) is 3.99. The van der Waals surface area contributed by atoms with Crippen molar-refractivity contribution < 1.29 is 4.79 Å². The maximum Gasteiger partial charge on any atom is 0.224 e. The van der Waals surface area contributed by atoms with E-state index in [1.807, 2.05) is 43.8 Å². The zero-order valence-electron chi connectivity index (χ0n) is 15.1. The molecule has 0 bridgehead atoms. The van der Waals surface area contributed by atoms with Gasteiger partial charge in [0.2, 0.25) is 5.91 Å². The quantitative estimate of drug-likeness (QED) is 0.667. The number of hydrogen-bond acceptors (Lipinski definition) is 2. The number of nitrogens with one attached hydrogen (secondary N) is 1. The highest BCUT2D eigenvalue weighted by Crippen LogP contribution is 2.20. The van der Waals surface area contributed by atoms with Gasteiger partial charge in [-0.25, -0.2) is 0 Å². The number of benzene rings is 2. The lowest BCUT2D eigenvalue weighted by Crippen LogP contribution is -2.13. The smallest absolute Gasteiger partial charge is 0.224 e. The number of rotatable bonds is 7. The van der Waals surface area contributed by atoms with E-state index in [2.05, 4.69) is 37.4 Å². The maximum atomic E-state index is 12.1. The molecule has 2 aromatic rings. The minimum absolute atomic E-state index is 0.111. The molecule has 0 atom stereocenters. The average Bonchev–Trinajstić information content (AvgIpc) is 2.50. The largest absolute Gasteiger partial charge is 0.326 e. The van der Waals surface area contributed by atoms with Gasteiger partial charge >= 0.3 is 0 Å². The van der Waals surface area contributed by atoms with E-state index in [9.17, 15) is 4.79 Å². The summed E-state index contributed by atoms with van der Waals surface area (Å²) in [7, 11) is 0. The summed E-state index contributed by atoms with van der Waals surface area (Å²) >= 11 is 1.90. The van der Waals surface area contributed by atoms with E-state index in [1.165, 1.54) is 16.7 Å². The Kier molecular flexibility index (Phi) is 6.92. The molecule has 0 unspecified atom stereocenters. The lowest BCUT2D eigenvalue weighted by molar-refractivity contribution is -0.116. The summed E-state index contributed by atoms with van der Waals surface area (Å²) in [4.78, 5) is 12.1. The highest BCUT2D eigenvalue weighted by atomic mass is 32.2. The fraction of sp³-hybridized carbons (Fsp3) is 0.381. The van der Waals surface area contributed by atoms with Crippen molar-refractivity contribution in [2.75, 3.05) is 11.1 Å². The van der Waals surface area contributed by atoms with Crippen molar-refractivity contribution in [1.82, 2.24) is 0 Å². The Bertz CT molecular complexity index is 668. The Labute approximate surface area is 150 Å². The number of carbonyl (C=O) groups excluding carboxylic acids is 1. The molecule has 1 amide bonds. The molecular weight excluding hydrogens is 314 g/mol. The van der Waals surface area contributed by atoms with E-state index in [0.717, 1.165) is 34.7 Å². The molecule has 0 aromatic heterocycles. The van der Waals surface area contributed by atoms with Gasteiger partial charge in [-0.15, -0.1) is 0 Å². The first-order valence-electron chi connectivity index (χ1n) is 8.46. The minimum Gasteiger partial charge on any atom is -0.326 e. The molecular formula is C21H27NOS. The Hall–Kier alpha value is -1.74. The van der Waals surface area contributed by atoms with Crippen LogP contribution in [-0.2, 0) is 10.5 Å². The molecule has 0 spiro atoms. The average molecular weight is 342 g/mol. The molecule has 0 aliphatic carbocycles. The van der Waals surface area contributed by atoms with E-state index in [1.54, 1.807) is 0 Å². The summed E-state index contributed by atoms with van der Waals surface area (Å²) in [6.07, 6.45) is 1.49.